The Morgan fingerprint density at radius 1 is 0.977 bits per heavy atom. The van der Waals surface area contributed by atoms with Crippen LogP contribution in [-0.2, 0) is 36.7 Å². The fourth-order valence-electron chi connectivity index (χ4n) is 5.38. The molecule has 7 heterocycles. The zero-order chi connectivity index (χ0) is 30.1. The van der Waals surface area contributed by atoms with Crippen molar-refractivity contribution in [3.63, 3.8) is 0 Å². The molecule has 0 saturated carbocycles. The summed E-state index contributed by atoms with van der Waals surface area (Å²) in [6.45, 7) is -9.12. The molecule has 4 aromatic rings. The van der Waals surface area contributed by atoms with Crippen molar-refractivity contribution < 1.29 is 41.8 Å². The monoisotopic (exact) mass is 673 g/mol. The second-order valence-corrected chi connectivity index (χ2v) is 15.8. The first-order valence-corrected chi connectivity index (χ1v) is 18.3. The van der Waals surface area contributed by atoms with Gasteiger partial charge in [-0.05, 0) is 6.07 Å². The molecule has 3 aliphatic heterocycles. The number of rotatable bonds is 2. The number of thiol groups is 2. The largest absolute Gasteiger partial charge is 0.396 e. The van der Waals surface area contributed by atoms with E-state index in [0.717, 1.165) is 0 Å². The van der Waals surface area contributed by atoms with Crippen LogP contribution in [-0.4, -0.2) is 77.4 Å². The highest BCUT2D eigenvalue weighted by Gasteiger charge is 2.51. The van der Waals surface area contributed by atoms with E-state index in [-0.39, 0.29) is 24.4 Å². The van der Waals surface area contributed by atoms with Crippen LogP contribution < -0.4 is 11.3 Å². The third-order valence-corrected chi connectivity index (χ3v) is 10.6. The number of hydrogen-bond donors (Lipinski definition) is 4. The van der Waals surface area contributed by atoms with Gasteiger partial charge in [-0.15, -0.1) is 0 Å². The number of aromatic nitrogens is 6. The number of hydrogen-bond acceptors (Lipinski definition) is 14. The third-order valence-electron chi connectivity index (χ3n) is 7.37. The van der Waals surface area contributed by atoms with E-state index in [1.807, 2.05) is 0 Å². The Balaban J connectivity index is 1.19. The van der Waals surface area contributed by atoms with Crippen LogP contribution >= 0.6 is 38.1 Å². The van der Waals surface area contributed by atoms with E-state index in [1.54, 1.807) is 12.3 Å². The first kappa shape index (κ1) is 29.4. The number of aliphatic hydroxyl groups excluding tert-OH is 1. The second kappa shape index (κ2) is 11.0. The Morgan fingerprint density at radius 2 is 1.74 bits per heavy atom. The Morgan fingerprint density at radius 3 is 2.56 bits per heavy atom. The van der Waals surface area contributed by atoms with Crippen molar-refractivity contribution in [2.75, 3.05) is 18.9 Å². The molecule has 43 heavy (non-hydrogen) atoms. The molecule has 3 N–H and O–H groups in total. The van der Waals surface area contributed by atoms with Gasteiger partial charge in [0.2, 0.25) is 5.78 Å². The quantitative estimate of drug-likeness (QED) is 0.177. The minimum Gasteiger partial charge on any atom is -0.396 e. The standard InChI is InChI=1S/C22H25N7O10P2S2/c23-11-1-3-26-29-12(8-25-20(11)29)13-7-14-15(36-13)9-34-41(33,43)39-19-18(31)16(10-35-40(32,42)38-14)37-21(19)28-5-2-17(30)27-6-4-24-22(27)28/h1-6,8,13-16,18-19,21,31H,7,9-10,23H2,(H,32,42)(H,33,43)/t13-,14+,15-,16-,18-,19-,21-,40+,41-/m1/s1. The van der Waals surface area contributed by atoms with Crippen molar-refractivity contribution in [3.05, 3.63) is 59.2 Å². The highest BCUT2D eigenvalue weighted by Crippen LogP contribution is 2.60. The smallest absolute Gasteiger partial charge is 0.386 e. The van der Waals surface area contributed by atoms with Gasteiger partial charge in [-0.25, -0.2) is 23.6 Å². The molecule has 7 rings (SSSR count). The van der Waals surface area contributed by atoms with Crippen molar-refractivity contribution in [2.45, 2.75) is 49.3 Å². The molecule has 3 saturated heterocycles. The van der Waals surface area contributed by atoms with E-state index in [2.05, 4.69) is 39.6 Å². The van der Waals surface area contributed by atoms with Crippen molar-refractivity contribution in [2.24, 2.45) is 0 Å². The summed E-state index contributed by atoms with van der Waals surface area (Å²) in [4.78, 5) is 20.8. The number of nitrogens with zero attached hydrogens (tertiary/aromatic N) is 6. The van der Waals surface area contributed by atoms with Gasteiger partial charge >= 0.3 is 13.6 Å². The summed E-state index contributed by atoms with van der Waals surface area (Å²) in [5.74, 6) is 0.163. The van der Waals surface area contributed by atoms with Crippen molar-refractivity contribution in [1.82, 2.24) is 28.5 Å². The highest BCUT2D eigenvalue weighted by molar-refractivity contribution is 8.44. The lowest BCUT2D eigenvalue weighted by Crippen LogP contribution is -2.35. The maximum absolute atomic E-state index is 13.5. The van der Waals surface area contributed by atoms with E-state index in [0.29, 0.717) is 17.0 Å². The molecule has 9 atom stereocenters. The van der Waals surface area contributed by atoms with Crippen LogP contribution in [0.3, 0.4) is 0 Å². The van der Waals surface area contributed by atoms with Gasteiger partial charge in [0.25, 0.3) is 5.56 Å². The number of ether oxygens (including phenoxy) is 2. The Labute approximate surface area is 252 Å². The zero-order valence-corrected chi connectivity index (χ0v) is 25.5. The summed E-state index contributed by atoms with van der Waals surface area (Å²) >= 11 is 8.29. The van der Waals surface area contributed by atoms with Gasteiger partial charge in [0.05, 0.1) is 43.1 Å². The molecule has 17 nitrogen and oxygen atoms in total. The fraction of sp³-hybridized carbons (Fsp3) is 0.455. The molecule has 0 amide bonds. The molecule has 0 aliphatic carbocycles. The molecular formula is C22H25N7O10P2S2. The fourth-order valence-corrected chi connectivity index (χ4v) is 8.36. The highest BCUT2D eigenvalue weighted by atomic mass is 32.7. The first-order chi connectivity index (χ1) is 20.5. The number of aliphatic hydroxyl groups is 1. The van der Waals surface area contributed by atoms with Crippen LogP contribution in [0.5, 0.6) is 0 Å². The molecule has 0 unspecified atom stereocenters. The number of nitrogen functional groups attached to an aromatic ring is 1. The SMILES string of the molecule is Nc1ccnn2c([C@H]3C[C@@H]4O[P@@](=O)(S)OC[C@H]5O[C@@H](n6ccc(=O)n7ccnc67)[C@H](O[P@](=O)(S)OC[C@H]4O3)[C@@H]5O)cnc12. The van der Waals surface area contributed by atoms with Crippen LogP contribution in [0.1, 0.15) is 24.4 Å². The number of nitrogens with two attached hydrogens (primary N) is 1. The minimum absolute atomic E-state index is 0.157. The molecular weight excluding hydrogens is 648 g/mol. The molecule has 21 heteroatoms. The van der Waals surface area contributed by atoms with E-state index < -0.39 is 63.1 Å². The maximum Gasteiger partial charge on any atom is 0.386 e. The van der Waals surface area contributed by atoms with Crippen LogP contribution in [0, 0.1) is 0 Å². The molecule has 0 radical (unpaired) electrons. The summed E-state index contributed by atoms with van der Waals surface area (Å²) in [7, 11) is 0. The van der Waals surface area contributed by atoms with Crippen LogP contribution in [0.25, 0.3) is 11.4 Å². The Hall–Kier alpha value is -2.28. The second-order valence-electron chi connectivity index (χ2n) is 10.1. The first-order valence-electron chi connectivity index (χ1n) is 12.9. The molecule has 0 aromatic carbocycles. The molecule has 4 aromatic heterocycles. The summed E-state index contributed by atoms with van der Waals surface area (Å²) in [6, 6.07) is 2.87. The lowest BCUT2D eigenvalue weighted by atomic mass is 10.1. The van der Waals surface area contributed by atoms with Gasteiger partial charge in [0.15, 0.2) is 11.9 Å². The normalized spacial score (nSPS) is 37.1. The average Bonchev–Trinajstić information content (AvgIpc) is 3.74. The Bertz CT molecular complexity index is 1850. The number of imidazole rings is 2. The zero-order valence-electron chi connectivity index (χ0n) is 21.9. The average molecular weight is 674 g/mol. The van der Waals surface area contributed by atoms with E-state index in [4.69, 9.17) is 33.3 Å². The third kappa shape index (κ3) is 5.46. The van der Waals surface area contributed by atoms with Crippen LogP contribution in [0.2, 0.25) is 0 Å². The van der Waals surface area contributed by atoms with Gasteiger partial charge in [0, 0.05) is 31.1 Å². The number of anilines is 1. The lowest BCUT2D eigenvalue weighted by molar-refractivity contribution is -0.0534. The minimum atomic E-state index is -4.21. The molecule has 230 valence electrons. The van der Waals surface area contributed by atoms with Gasteiger partial charge in [-0.2, -0.15) is 5.10 Å². The molecule has 2 bridgehead atoms. The molecule has 0 spiro atoms. The van der Waals surface area contributed by atoms with Crippen molar-refractivity contribution >= 4 is 55.2 Å². The summed E-state index contributed by atoms with van der Waals surface area (Å²) in [6.07, 6.45) is -0.148. The van der Waals surface area contributed by atoms with Gasteiger partial charge in [-0.1, -0.05) is 24.5 Å². The molecule has 3 aliphatic rings. The van der Waals surface area contributed by atoms with Gasteiger partial charge in [-0.3, -0.25) is 31.9 Å². The van der Waals surface area contributed by atoms with Crippen LogP contribution in [0.4, 0.5) is 5.69 Å². The molecule has 3 fully saturated rings. The van der Waals surface area contributed by atoms with E-state index >= 15 is 0 Å². The number of fused-ring (bicyclic) bond motifs is 5. The maximum atomic E-state index is 13.5. The van der Waals surface area contributed by atoms with Gasteiger partial charge < -0.3 is 20.3 Å². The summed E-state index contributed by atoms with van der Waals surface area (Å²) in [5, 5.41) is 15.4. The Kier molecular flexibility index (Phi) is 7.50. The van der Waals surface area contributed by atoms with Crippen LogP contribution in [0.15, 0.2) is 47.9 Å². The lowest BCUT2D eigenvalue weighted by Gasteiger charge is -2.26. The summed E-state index contributed by atoms with van der Waals surface area (Å²) < 4.78 is 65.9. The predicted molar refractivity (Wildman–Crippen MR) is 154 cm³/mol. The summed E-state index contributed by atoms with van der Waals surface area (Å²) in [5.41, 5.74) is 7.04. The predicted octanol–water partition coefficient (Wildman–Crippen LogP) is 1.80. The van der Waals surface area contributed by atoms with E-state index in [1.165, 1.54) is 44.3 Å². The van der Waals surface area contributed by atoms with Crippen molar-refractivity contribution in [1.29, 1.82) is 0 Å². The van der Waals surface area contributed by atoms with Gasteiger partial charge in [0.1, 0.15) is 30.5 Å². The van der Waals surface area contributed by atoms with E-state index in [9.17, 15) is 19.0 Å². The topological polar surface area (TPSA) is 205 Å². The van der Waals surface area contributed by atoms with Crippen molar-refractivity contribution in [3.8, 4) is 0 Å².